The van der Waals surface area contributed by atoms with Gasteiger partial charge in [0.15, 0.2) is 0 Å². The Morgan fingerprint density at radius 3 is 1.08 bits per heavy atom. The molecule has 8 heteroatoms. The number of ether oxygens (including phenoxy) is 2. The lowest BCUT2D eigenvalue weighted by Gasteiger charge is -2.47. The molecule has 578 valence electrons. The van der Waals surface area contributed by atoms with Crippen LogP contribution in [0.25, 0.3) is 55.6 Å². The van der Waals surface area contributed by atoms with Crippen molar-refractivity contribution in [2.24, 2.45) is 0 Å². The Kier molecular flexibility index (Phi) is 16.4. The van der Waals surface area contributed by atoms with Crippen molar-refractivity contribution in [1.82, 2.24) is 0 Å². The molecule has 0 atom stereocenters. The highest BCUT2D eigenvalue weighted by Crippen LogP contribution is 2.65. The molecule has 1 aliphatic carbocycles. The van der Waals surface area contributed by atoms with Gasteiger partial charge in [-0.3, -0.25) is 0 Å². The molecule has 19 aromatic rings. The average Bonchev–Trinajstić information content (AvgIpc) is 1.47. The number of para-hydroxylation sites is 7. The molecular formula is C116H76B2N4O2. The molecular weight excluding hydrogens is 1500 g/mol. The van der Waals surface area contributed by atoms with Crippen LogP contribution >= 0.6 is 0 Å². The van der Waals surface area contributed by atoms with Crippen molar-refractivity contribution in [3.8, 4) is 78.6 Å². The summed E-state index contributed by atoms with van der Waals surface area (Å²) in [4.78, 5) is 10.2. The maximum atomic E-state index is 8.52. The lowest BCUT2D eigenvalue weighted by atomic mass is 9.33. The Labute approximate surface area is 722 Å². The summed E-state index contributed by atoms with van der Waals surface area (Å²) in [6.07, 6.45) is 0. The fourth-order valence-corrected chi connectivity index (χ4v) is 21.6. The third-order valence-electron chi connectivity index (χ3n) is 26.6. The van der Waals surface area contributed by atoms with Crippen LogP contribution in [0.1, 0.15) is 44.9 Å². The van der Waals surface area contributed by atoms with Crippen molar-refractivity contribution in [2.45, 2.75) is 11.3 Å². The third-order valence-corrected chi connectivity index (χ3v) is 26.6. The fraction of sp³-hybridized carbons (Fsp3) is 0.0172. The van der Waals surface area contributed by atoms with Gasteiger partial charge in [0.1, 0.15) is 23.0 Å². The fourth-order valence-electron chi connectivity index (χ4n) is 21.6. The Bertz CT molecular complexity index is 7210. The number of rotatable bonds is 13. The van der Waals surface area contributed by atoms with Gasteiger partial charge in [0, 0.05) is 109 Å². The Morgan fingerprint density at radius 2 is 0.597 bits per heavy atom. The smallest absolute Gasteiger partial charge is 0.256 e. The summed E-state index contributed by atoms with van der Waals surface area (Å²) in [6, 6.07) is 169. The van der Waals surface area contributed by atoms with Crippen molar-refractivity contribution < 1.29 is 9.47 Å². The Hall–Kier alpha value is -15.9. The quantitative estimate of drug-likeness (QED) is 0.0845. The van der Waals surface area contributed by atoms with Crippen LogP contribution in [-0.4, -0.2) is 13.4 Å². The van der Waals surface area contributed by atoms with E-state index in [1.54, 1.807) is 0 Å². The molecule has 6 aliphatic rings. The average molecular weight is 1580 g/mol. The summed E-state index contributed by atoms with van der Waals surface area (Å²) in [7, 11) is 0. The third kappa shape index (κ3) is 10.9. The zero-order valence-electron chi connectivity index (χ0n) is 67.6. The standard InChI is InChI=1S/C116H76B2N4O2/c1-10-38-76(39-11-1)87-58-36-59-88(77-40-12-2-13-41-77)114(87)121-102-74-108-95(72-99(102)117-97-64-32-34-66-101(97)120(85-54-26-9-27-55-85)104-68-82(69-105(121)112(104)117)111(80-46-18-5-19-47-80)81-48-20-6-21-49-81)116(93-62-30-28-56-91(93)92-57-29-31-63-94(92)116)96-73-100-103(75-109(96)124-108)122(115-89(78-42-14-3-15-43-78)60-37-61-90(115)79-44-16-4-17-45-79)106-70-86(71-110-113(106)118(100)98-65-33-35-67-107(98)123-110)119(83-50-22-7-23-51-83)84-52-24-8-25-53-84/h1-75,111H. The zero-order chi connectivity index (χ0) is 81.5. The molecule has 0 bridgehead atoms. The van der Waals surface area contributed by atoms with Gasteiger partial charge >= 0.3 is 0 Å². The molecule has 1 spiro atoms. The van der Waals surface area contributed by atoms with E-state index in [1.165, 1.54) is 49.8 Å². The van der Waals surface area contributed by atoms with Crippen molar-refractivity contribution in [2.75, 3.05) is 19.6 Å². The lowest BCUT2D eigenvalue weighted by Crippen LogP contribution is -2.61. The number of nitrogens with zero attached hydrogens (tertiary/aromatic N) is 4. The van der Waals surface area contributed by atoms with Crippen LogP contribution in [0.2, 0.25) is 0 Å². The monoisotopic (exact) mass is 1580 g/mol. The van der Waals surface area contributed by atoms with Crippen molar-refractivity contribution in [3.63, 3.8) is 0 Å². The maximum absolute atomic E-state index is 8.52. The first-order chi connectivity index (χ1) is 61.6. The normalized spacial score (nSPS) is 13.3. The van der Waals surface area contributed by atoms with Gasteiger partial charge in [-0.05, 0) is 161 Å². The van der Waals surface area contributed by atoms with Gasteiger partial charge in [-0.2, -0.15) is 0 Å². The maximum Gasteiger partial charge on any atom is 0.256 e. The number of hydrogen-bond donors (Lipinski definition) is 0. The van der Waals surface area contributed by atoms with E-state index in [4.69, 9.17) is 9.47 Å². The predicted molar refractivity (Wildman–Crippen MR) is 514 cm³/mol. The highest BCUT2D eigenvalue weighted by molar-refractivity contribution is 7.01. The minimum Gasteiger partial charge on any atom is -0.458 e. The second-order valence-electron chi connectivity index (χ2n) is 33.1. The molecule has 5 heterocycles. The van der Waals surface area contributed by atoms with Gasteiger partial charge in [-0.15, -0.1) is 0 Å². The van der Waals surface area contributed by atoms with Crippen LogP contribution in [0.15, 0.2) is 455 Å². The van der Waals surface area contributed by atoms with E-state index in [0.29, 0.717) is 0 Å². The molecule has 0 fully saturated rings. The van der Waals surface area contributed by atoms with Crippen LogP contribution in [0.3, 0.4) is 0 Å². The summed E-state index contributed by atoms with van der Waals surface area (Å²) in [6.45, 7) is -0.654. The molecule has 19 aromatic carbocycles. The zero-order valence-corrected chi connectivity index (χ0v) is 67.6. The second-order valence-corrected chi connectivity index (χ2v) is 33.1. The minimum absolute atomic E-state index is 0.176. The van der Waals surface area contributed by atoms with Crippen molar-refractivity contribution in [3.05, 3.63) is 494 Å². The number of hydrogen-bond acceptors (Lipinski definition) is 6. The minimum atomic E-state index is -0.997. The predicted octanol–water partition coefficient (Wildman–Crippen LogP) is 26.0. The highest BCUT2D eigenvalue weighted by Gasteiger charge is 2.56. The molecule has 0 radical (unpaired) electrons. The molecule has 0 saturated carbocycles. The molecule has 0 saturated heterocycles. The van der Waals surface area contributed by atoms with Crippen LogP contribution in [-0.2, 0) is 5.41 Å². The van der Waals surface area contributed by atoms with Gasteiger partial charge in [-0.1, -0.05) is 370 Å². The van der Waals surface area contributed by atoms with E-state index < -0.39 is 5.41 Å². The van der Waals surface area contributed by atoms with Gasteiger partial charge in [0.05, 0.1) is 22.5 Å². The van der Waals surface area contributed by atoms with Crippen LogP contribution in [0.5, 0.6) is 23.0 Å². The van der Waals surface area contributed by atoms with Crippen LogP contribution < -0.4 is 61.9 Å². The highest BCUT2D eigenvalue weighted by atomic mass is 16.5. The SMILES string of the molecule is c1ccc(-c2cccc(-c3ccccc3)c2N2c3cc4c(cc3B3c5ccccc5Oc5cc(N(c6ccccc6)c6ccccc6)cc2c53)C2(c3cc5c(cc3O4)N(c3c(-c4ccccc4)cccc3-c3ccccc3)c3cc(C(c4ccccc4)c4ccccc4)cc4c3B5c3ccccc3N4c3ccccc3)c3ccccc3-c3ccccc32)cc1. The van der Waals surface area contributed by atoms with E-state index in [9.17, 15) is 0 Å². The van der Waals surface area contributed by atoms with E-state index in [-0.39, 0.29) is 19.3 Å². The summed E-state index contributed by atoms with van der Waals surface area (Å²) < 4.78 is 16.1. The topological polar surface area (TPSA) is 31.4 Å². The lowest BCUT2D eigenvalue weighted by molar-refractivity contribution is 0.437. The van der Waals surface area contributed by atoms with E-state index >= 15 is 0 Å². The molecule has 0 N–H and O–H groups in total. The molecule has 0 amide bonds. The van der Waals surface area contributed by atoms with Gasteiger partial charge in [0.25, 0.3) is 13.4 Å². The molecule has 25 rings (SSSR count). The first-order valence-electron chi connectivity index (χ1n) is 43.0. The Morgan fingerprint density at radius 1 is 0.226 bits per heavy atom. The molecule has 124 heavy (non-hydrogen) atoms. The van der Waals surface area contributed by atoms with Crippen LogP contribution in [0, 0.1) is 0 Å². The summed E-state index contributed by atoms with van der Waals surface area (Å²) in [5, 5.41) is 0. The molecule has 6 nitrogen and oxygen atoms in total. The first kappa shape index (κ1) is 71.1. The van der Waals surface area contributed by atoms with Crippen molar-refractivity contribution >= 4 is 114 Å². The largest absolute Gasteiger partial charge is 0.458 e. The molecule has 0 unspecified atom stereocenters. The number of fused-ring (bicyclic) bond motifs is 17. The van der Waals surface area contributed by atoms with Crippen LogP contribution in [0.4, 0.5) is 68.2 Å². The summed E-state index contributed by atoms with van der Waals surface area (Å²) in [5.41, 5.74) is 37.6. The summed E-state index contributed by atoms with van der Waals surface area (Å²) in [5.74, 6) is 2.95. The van der Waals surface area contributed by atoms with E-state index in [0.717, 1.165) is 169 Å². The summed E-state index contributed by atoms with van der Waals surface area (Å²) >= 11 is 0. The van der Waals surface area contributed by atoms with Gasteiger partial charge < -0.3 is 29.1 Å². The first-order valence-corrected chi connectivity index (χ1v) is 43.0. The van der Waals surface area contributed by atoms with E-state index in [1.807, 2.05) is 0 Å². The van der Waals surface area contributed by atoms with E-state index in [2.05, 4.69) is 475 Å². The Balaban J connectivity index is 0.826. The van der Waals surface area contributed by atoms with Crippen molar-refractivity contribution in [1.29, 1.82) is 0 Å². The number of benzene rings is 19. The molecule has 5 aliphatic heterocycles. The second kappa shape index (κ2) is 28.7. The number of anilines is 12. The van der Waals surface area contributed by atoms with Gasteiger partial charge in [0.2, 0.25) is 0 Å². The molecule has 0 aromatic heterocycles. The van der Waals surface area contributed by atoms with Gasteiger partial charge in [-0.25, -0.2) is 0 Å².